The maximum absolute atomic E-state index is 12.7. The second kappa shape index (κ2) is 8.22. The maximum atomic E-state index is 12.7. The first kappa shape index (κ1) is 18.9. The number of hydrogen-bond acceptors (Lipinski definition) is 6. The molecule has 1 N–H and O–H groups in total. The topological polar surface area (TPSA) is 94.8 Å². The van der Waals surface area contributed by atoms with Crippen LogP contribution in [-0.4, -0.2) is 44.4 Å². The summed E-state index contributed by atoms with van der Waals surface area (Å²) in [5.41, 5.74) is 3.78. The van der Waals surface area contributed by atoms with Crippen molar-refractivity contribution in [1.82, 2.24) is 30.0 Å². The number of methoxy groups -OCH3 is 1. The highest BCUT2D eigenvalue weighted by Crippen LogP contribution is 2.16. The van der Waals surface area contributed by atoms with Gasteiger partial charge < -0.3 is 14.6 Å². The Labute approximate surface area is 158 Å². The van der Waals surface area contributed by atoms with Gasteiger partial charge in [0.25, 0.3) is 5.91 Å². The molecular formula is C19H24N6O2. The molecule has 0 saturated carbocycles. The average molecular weight is 368 g/mol. The quantitative estimate of drug-likeness (QED) is 0.643. The lowest BCUT2D eigenvalue weighted by atomic mass is 10.1. The molecule has 3 rings (SSSR count). The number of nitrogens with zero attached hydrogens (tertiary/aromatic N) is 5. The van der Waals surface area contributed by atoms with Gasteiger partial charge in [-0.05, 0) is 45.4 Å². The molecule has 2 heterocycles. The van der Waals surface area contributed by atoms with Crippen LogP contribution in [0.3, 0.4) is 0 Å². The third-order valence-electron chi connectivity index (χ3n) is 4.47. The van der Waals surface area contributed by atoms with E-state index in [4.69, 9.17) is 4.74 Å². The molecule has 3 aromatic rings. The Balaban J connectivity index is 1.74. The Hall–Kier alpha value is -2.87. The average Bonchev–Trinajstić information content (AvgIpc) is 3.11. The number of carbonyl (C=O) groups excluding carboxylic acids is 1. The first-order chi connectivity index (χ1) is 13.0. The van der Waals surface area contributed by atoms with Crippen LogP contribution in [0.25, 0.3) is 11.0 Å². The first-order valence-corrected chi connectivity index (χ1v) is 8.92. The largest absolute Gasteiger partial charge is 0.385 e. The van der Waals surface area contributed by atoms with Crippen molar-refractivity contribution in [3.8, 4) is 0 Å². The number of aromatic nitrogens is 5. The number of hydrogen-bond donors (Lipinski definition) is 1. The zero-order chi connectivity index (χ0) is 19.4. The van der Waals surface area contributed by atoms with Crippen LogP contribution in [-0.2, 0) is 11.3 Å². The molecule has 0 fully saturated rings. The molecule has 1 unspecified atom stereocenters. The zero-order valence-corrected chi connectivity index (χ0v) is 16.1. The van der Waals surface area contributed by atoms with Gasteiger partial charge in [-0.15, -0.1) is 10.2 Å². The minimum Gasteiger partial charge on any atom is -0.385 e. The molecule has 8 heteroatoms. The van der Waals surface area contributed by atoms with Crippen LogP contribution in [0.15, 0.2) is 24.5 Å². The van der Waals surface area contributed by atoms with E-state index < -0.39 is 0 Å². The summed E-state index contributed by atoms with van der Waals surface area (Å²) in [6.45, 7) is 7.12. The summed E-state index contributed by atoms with van der Waals surface area (Å²) in [7, 11) is 1.67. The van der Waals surface area contributed by atoms with Crippen molar-refractivity contribution in [1.29, 1.82) is 0 Å². The van der Waals surface area contributed by atoms with Gasteiger partial charge in [0.15, 0.2) is 5.82 Å². The van der Waals surface area contributed by atoms with Crippen LogP contribution in [0.4, 0.5) is 0 Å². The van der Waals surface area contributed by atoms with Crippen molar-refractivity contribution in [3.05, 3.63) is 47.3 Å². The van der Waals surface area contributed by atoms with Gasteiger partial charge in [0.05, 0.1) is 28.5 Å². The SMILES string of the molecule is COCCCn1cnnc1C(C)NC(=O)c1ccc2nc(C)c(C)nc2c1. The molecular weight excluding hydrogens is 344 g/mol. The highest BCUT2D eigenvalue weighted by Gasteiger charge is 2.17. The number of aryl methyl sites for hydroxylation is 3. The number of fused-ring (bicyclic) bond motifs is 1. The monoisotopic (exact) mass is 368 g/mol. The summed E-state index contributed by atoms with van der Waals surface area (Å²) in [5, 5.41) is 11.1. The number of nitrogens with one attached hydrogen (secondary N) is 1. The van der Waals surface area contributed by atoms with Crippen molar-refractivity contribution < 1.29 is 9.53 Å². The lowest BCUT2D eigenvalue weighted by molar-refractivity contribution is 0.0937. The standard InChI is InChI=1S/C19H24N6O2/c1-12-13(2)22-17-10-15(6-7-16(17)21-12)19(26)23-14(3)18-24-20-11-25(18)8-5-9-27-4/h6-7,10-11,14H,5,8-9H2,1-4H3,(H,23,26). The van der Waals surface area contributed by atoms with E-state index in [0.717, 1.165) is 29.9 Å². The summed E-state index contributed by atoms with van der Waals surface area (Å²) in [6.07, 6.45) is 2.52. The molecule has 0 aliphatic rings. The third kappa shape index (κ3) is 4.28. The van der Waals surface area contributed by atoms with Gasteiger partial charge in [0, 0.05) is 25.8 Å². The fraction of sp³-hybridized carbons (Fsp3) is 0.421. The molecule has 27 heavy (non-hydrogen) atoms. The van der Waals surface area contributed by atoms with E-state index in [1.807, 2.05) is 31.4 Å². The van der Waals surface area contributed by atoms with E-state index in [1.54, 1.807) is 25.6 Å². The fourth-order valence-electron chi connectivity index (χ4n) is 2.87. The van der Waals surface area contributed by atoms with Crippen molar-refractivity contribution in [2.75, 3.05) is 13.7 Å². The smallest absolute Gasteiger partial charge is 0.251 e. The van der Waals surface area contributed by atoms with E-state index >= 15 is 0 Å². The molecule has 0 radical (unpaired) electrons. The fourth-order valence-corrected chi connectivity index (χ4v) is 2.87. The number of rotatable bonds is 7. The Kier molecular flexibility index (Phi) is 5.75. The van der Waals surface area contributed by atoms with Crippen LogP contribution in [0.1, 0.15) is 47.0 Å². The normalized spacial score (nSPS) is 12.3. The minimum atomic E-state index is -0.274. The Morgan fingerprint density at radius 1 is 1.22 bits per heavy atom. The van der Waals surface area contributed by atoms with Gasteiger partial charge in [-0.2, -0.15) is 0 Å². The van der Waals surface area contributed by atoms with Crippen molar-refractivity contribution in [2.45, 2.75) is 39.8 Å². The zero-order valence-electron chi connectivity index (χ0n) is 16.1. The van der Waals surface area contributed by atoms with E-state index in [9.17, 15) is 4.79 Å². The van der Waals surface area contributed by atoms with Gasteiger partial charge >= 0.3 is 0 Å². The van der Waals surface area contributed by atoms with Crippen molar-refractivity contribution in [2.24, 2.45) is 0 Å². The predicted molar refractivity (Wildman–Crippen MR) is 101 cm³/mol. The van der Waals surface area contributed by atoms with Gasteiger partial charge in [-0.25, -0.2) is 9.97 Å². The number of ether oxygens (including phenoxy) is 1. The Bertz CT molecular complexity index is 953. The number of amides is 1. The van der Waals surface area contributed by atoms with E-state index in [0.29, 0.717) is 23.5 Å². The number of carbonyl (C=O) groups is 1. The Morgan fingerprint density at radius 2 is 1.96 bits per heavy atom. The third-order valence-corrected chi connectivity index (χ3v) is 4.47. The van der Waals surface area contributed by atoms with Gasteiger partial charge in [0.2, 0.25) is 0 Å². The molecule has 0 bridgehead atoms. The van der Waals surface area contributed by atoms with Crippen LogP contribution in [0.2, 0.25) is 0 Å². The van der Waals surface area contributed by atoms with Crippen molar-refractivity contribution in [3.63, 3.8) is 0 Å². The molecule has 0 aliphatic carbocycles. The predicted octanol–water partition coefficient (Wildman–Crippen LogP) is 2.37. The van der Waals surface area contributed by atoms with Crippen LogP contribution in [0, 0.1) is 13.8 Å². The van der Waals surface area contributed by atoms with Crippen molar-refractivity contribution >= 4 is 16.9 Å². The summed E-state index contributed by atoms with van der Waals surface area (Å²) >= 11 is 0. The second-order valence-electron chi connectivity index (χ2n) is 6.52. The molecule has 1 amide bonds. The van der Waals surface area contributed by atoms with Crippen LogP contribution < -0.4 is 5.32 Å². The number of benzene rings is 1. The first-order valence-electron chi connectivity index (χ1n) is 8.92. The molecule has 0 spiro atoms. The Morgan fingerprint density at radius 3 is 2.70 bits per heavy atom. The van der Waals surface area contributed by atoms with Crippen LogP contribution in [0.5, 0.6) is 0 Å². The molecule has 0 aliphatic heterocycles. The highest BCUT2D eigenvalue weighted by molar-refractivity contribution is 5.97. The second-order valence-corrected chi connectivity index (χ2v) is 6.52. The van der Waals surface area contributed by atoms with Crippen LogP contribution >= 0.6 is 0 Å². The molecule has 1 aromatic carbocycles. The lowest BCUT2D eigenvalue weighted by Gasteiger charge is -2.15. The minimum absolute atomic E-state index is 0.184. The highest BCUT2D eigenvalue weighted by atomic mass is 16.5. The molecule has 1 atom stereocenters. The molecule has 8 nitrogen and oxygen atoms in total. The van der Waals surface area contributed by atoms with Gasteiger partial charge in [-0.3, -0.25) is 4.79 Å². The van der Waals surface area contributed by atoms with Gasteiger partial charge in [0.1, 0.15) is 6.33 Å². The summed E-state index contributed by atoms with van der Waals surface area (Å²) in [6, 6.07) is 5.07. The summed E-state index contributed by atoms with van der Waals surface area (Å²) in [4.78, 5) is 21.7. The van der Waals surface area contributed by atoms with Gasteiger partial charge in [-0.1, -0.05) is 0 Å². The molecule has 0 saturated heterocycles. The molecule has 142 valence electrons. The van der Waals surface area contributed by atoms with E-state index in [2.05, 4.69) is 25.5 Å². The van der Waals surface area contributed by atoms with E-state index in [-0.39, 0.29) is 11.9 Å². The lowest BCUT2D eigenvalue weighted by Crippen LogP contribution is -2.28. The van der Waals surface area contributed by atoms with E-state index in [1.165, 1.54) is 0 Å². The maximum Gasteiger partial charge on any atom is 0.251 e. The summed E-state index contributed by atoms with van der Waals surface area (Å²) < 4.78 is 7.01. The summed E-state index contributed by atoms with van der Waals surface area (Å²) in [5.74, 6) is 0.530. The molecule has 2 aromatic heterocycles.